The summed E-state index contributed by atoms with van der Waals surface area (Å²) in [5, 5.41) is 1.16. The van der Waals surface area contributed by atoms with Gasteiger partial charge in [0, 0.05) is 31.6 Å². The van der Waals surface area contributed by atoms with Gasteiger partial charge in [0.15, 0.2) is 0 Å². The summed E-state index contributed by atoms with van der Waals surface area (Å²) in [6.07, 6.45) is -2.24. The average Bonchev–Trinajstić information content (AvgIpc) is 2.83. The molecule has 0 atom stereocenters. The number of fused-ring (bicyclic) bond motifs is 1. The number of benzene rings is 1. The van der Waals surface area contributed by atoms with E-state index in [-0.39, 0.29) is 6.54 Å². The largest absolute Gasteiger partial charge is 0.353 e. The van der Waals surface area contributed by atoms with Gasteiger partial charge in [0.2, 0.25) is 0 Å². The standard InChI is InChI=1S/C13H15F2N3S/c14-12(15)9-17-5-7-18(8-6-17)13-10-3-1-2-4-11(10)19-16-13/h1-4,12H,5-9H2. The third kappa shape index (κ3) is 2.69. The number of aromatic nitrogens is 1. The number of alkyl halides is 2. The molecule has 1 aliphatic heterocycles. The van der Waals surface area contributed by atoms with Crippen molar-refractivity contribution in [3.05, 3.63) is 24.3 Å². The Morgan fingerprint density at radius 3 is 2.63 bits per heavy atom. The van der Waals surface area contributed by atoms with Crippen LogP contribution in [0.25, 0.3) is 10.1 Å². The molecule has 0 amide bonds. The Balaban J connectivity index is 1.71. The molecule has 102 valence electrons. The van der Waals surface area contributed by atoms with Crippen molar-refractivity contribution in [1.82, 2.24) is 9.27 Å². The average molecular weight is 283 g/mol. The van der Waals surface area contributed by atoms with Gasteiger partial charge < -0.3 is 4.90 Å². The third-order valence-electron chi connectivity index (χ3n) is 3.43. The van der Waals surface area contributed by atoms with E-state index in [1.54, 1.807) is 0 Å². The van der Waals surface area contributed by atoms with Crippen LogP contribution in [0.15, 0.2) is 24.3 Å². The van der Waals surface area contributed by atoms with E-state index < -0.39 is 6.43 Å². The Kier molecular flexibility index (Phi) is 3.61. The summed E-state index contributed by atoms with van der Waals surface area (Å²) in [4.78, 5) is 4.01. The molecule has 1 aliphatic rings. The molecule has 1 aromatic carbocycles. The van der Waals surface area contributed by atoms with Gasteiger partial charge in [-0.25, -0.2) is 8.78 Å². The van der Waals surface area contributed by atoms with E-state index >= 15 is 0 Å². The molecule has 0 unspecified atom stereocenters. The molecule has 0 aliphatic carbocycles. The van der Waals surface area contributed by atoms with Gasteiger partial charge in [-0.3, -0.25) is 4.90 Å². The number of nitrogens with zero attached hydrogens (tertiary/aromatic N) is 3. The topological polar surface area (TPSA) is 19.4 Å². The summed E-state index contributed by atoms with van der Waals surface area (Å²) < 4.78 is 30.3. The van der Waals surface area contributed by atoms with Gasteiger partial charge in [-0.05, 0) is 23.7 Å². The molecule has 0 spiro atoms. The predicted octanol–water partition coefficient (Wildman–Crippen LogP) is 2.68. The molecule has 0 radical (unpaired) electrons. The van der Waals surface area contributed by atoms with E-state index in [0.29, 0.717) is 13.1 Å². The maximum absolute atomic E-state index is 12.3. The molecule has 2 heterocycles. The second kappa shape index (κ2) is 5.38. The number of hydrogen-bond acceptors (Lipinski definition) is 4. The fraction of sp³-hybridized carbons (Fsp3) is 0.462. The van der Waals surface area contributed by atoms with Crippen molar-refractivity contribution in [3.63, 3.8) is 0 Å². The van der Waals surface area contributed by atoms with Gasteiger partial charge in [-0.2, -0.15) is 4.37 Å². The number of anilines is 1. The van der Waals surface area contributed by atoms with Crippen LogP contribution in [0, 0.1) is 0 Å². The number of rotatable bonds is 3. The van der Waals surface area contributed by atoms with Crippen LogP contribution in [0.2, 0.25) is 0 Å². The summed E-state index contributed by atoms with van der Waals surface area (Å²) in [5.74, 6) is 0.997. The highest BCUT2D eigenvalue weighted by Gasteiger charge is 2.22. The van der Waals surface area contributed by atoms with Crippen LogP contribution in [0.5, 0.6) is 0 Å². The zero-order valence-electron chi connectivity index (χ0n) is 10.4. The molecule has 3 nitrogen and oxygen atoms in total. The number of piperazine rings is 1. The van der Waals surface area contributed by atoms with E-state index in [2.05, 4.69) is 21.4 Å². The summed E-state index contributed by atoms with van der Waals surface area (Å²) in [7, 11) is 0. The molecule has 1 saturated heterocycles. The normalized spacial score (nSPS) is 17.5. The molecule has 19 heavy (non-hydrogen) atoms. The van der Waals surface area contributed by atoms with Crippen molar-refractivity contribution in [2.75, 3.05) is 37.6 Å². The molecular formula is C13H15F2N3S. The van der Waals surface area contributed by atoms with Crippen molar-refractivity contribution in [2.24, 2.45) is 0 Å². The Morgan fingerprint density at radius 1 is 1.16 bits per heavy atom. The second-order valence-electron chi connectivity index (χ2n) is 4.68. The molecular weight excluding hydrogens is 268 g/mol. The minimum Gasteiger partial charge on any atom is -0.353 e. The molecule has 3 rings (SSSR count). The van der Waals surface area contributed by atoms with Gasteiger partial charge in [0.05, 0.1) is 11.2 Å². The second-order valence-corrected chi connectivity index (χ2v) is 5.49. The molecule has 6 heteroatoms. The first-order valence-corrected chi connectivity index (χ1v) is 7.11. The van der Waals surface area contributed by atoms with E-state index in [9.17, 15) is 8.78 Å². The maximum Gasteiger partial charge on any atom is 0.251 e. The zero-order valence-corrected chi connectivity index (χ0v) is 11.2. The van der Waals surface area contributed by atoms with Gasteiger partial charge >= 0.3 is 0 Å². The van der Waals surface area contributed by atoms with Crippen molar-refractivity contribution in [3.8, 4) is 0 Å². The summed E-state index contributed by atoms with van der Waals surface area (Å²) >= 11 is 1.49. The highest BCUT2D eigenvalue weighted by atomic mass is 32.1. The molecule has 1 aromatic heterocycles. The zero-order chi connectivity index (χ0) is 13.2. The van der Waals surface area contributed by atoms with Crippen LogP contribution >= 0.6 is 11.5 Å². The van der Waals surface area contributed by atoms with Crippen LogP contribution in [-0.2, 0) is 0 Å². The van der Waals surface area contributed by atoms with Crippen molar-refractivity contribution >= 4 is 27.4 Å². The fourth-order valence-corrected chi connectivity index (χ4v) is 3.23. The maximum atomic E-state index is 12.3. The Bertz CT molecular complexity index is 550. The van der Waals surface area contributed by atoms with E-state index in [1.807, 2.05) is 17.0 Å². The quantitative estimate of drug-likeness (QED) is 0.863. The van der Waals surface area contributed by atoms with E-state index in [0.717, 1.165) is 24.3 Å². The Morgan fingerprint density at radius 2 is 1.89 bits per heavy atom. The Labute approximate surface area is 114 Å². The lowest BCUT2D eigenvalue weighted by molar-refractivity contribution is 0.0854. The predicted molar refractivity (Wildman–Crippen MR) is 74.3 cm³/mol. The molecule has 2 aromatic rings. The molecule has 1 fully saturated rings. The first-order chi connectivity index (χ1) is 9.24. The summed E-state index contributed by atoms with van der Waals surface area (Å²) in [6, 6.07) is 8.14. The van der Waals surface area contributed by atoms with Crippen LogP contribution < -0.4 is 4.90 Å². The van der Waals surface area contributed by atoms with Crippen molar-refractivity contribution in [2.45, 2.75) is 6.43 Å². The number of halogens is 2. The van der Waals surface area contributed by atoms with Crippen LogP contribution in [0.3, 0.4) is 0 Å². The minimum absolute atomic E-state index is 0.119. The summed E-state index contributed by atoms with van der Waals surface area (Å²) in [5.41, 5.74) is 0. The number of hydrogen-bond donors (Lipinski definition) is 0. The van der Waals surface area contributed by atoms with Crippen molar-refractivity contribution in [1.29, 1.82) is 0 Å². The monoisotopic (exact) mass is 283 g/mol. The third-order valence-corrected chi connectivity index (χ3v) is 4.24. The first kappa shape index (κ1) is 12.7. The van der Waals surface area contributed by atoms with E-state index in [1.165, 1.54) is 16.2 Å². The summed E-state index contributed by atoms with van der Waals surface area (Å²) in [6.45, 7) is 2.76. The van der Waals surface area contributed by atoms with Crippen LogP contribution in [0.4, 0.5) is 14.6 Å². The van der Waals surface area contributed by atoms with Crippen LogP contribution in [0.1, 0.15) is 0 Å². The van der Waals surface area contributed by atoms with E-state index in [4.69, 9.17) is 0 Å². The van der Waals surface area contributed by atoms with Crippen molar-refractivity contribution < 1.29 is 8.78 Å². The van der Waals surface area contributed by atoms with Gasteiger partial charge in [-0.1, -0.05) is 12.1 Å². The SMILES string of the molecule is FC(F)CN1CCN(c2nsc3ccccc23)CC1. The highest BCUT2D eigenvalue weighted by molar-refractivity contribution is 7.13. The molecule has 0 N–H and O–H groups in total. The highest BCUT2D eigenvalue weighted by Crippen LogP contribution is 2.29. The first-order valence-electron chi connectivity index (χ1n) is 6.34. The lowest BCUT2D eigenvalue weighted by Gasteiger charge is -2.34. The van der Waals surface area contributed by atoms with Gasteiger partial charge in [0.1, 0.15) is 5.82 Å². The minimum atomic E-state index is -2.24. The fourth-order valence-electron chi connectivity index (χ4n) is 2.44. The van der Waals surface area contributed by atoms with Gasteiger partial charge in [0.25, 0.3) is 6.43 Å². The van der Waals surface area contributed by atoms with Gasteiger partial charge in [-0.15, -0.1) is 0 Å². The molecule has 0 bridgehead atoms. The smallest absolute Gasteiger partial charge is 0.251 e. The lowest BCUT2D eigenvalue weighted by atomic mass is 10.2. The Hall–Kier alpha value is -1.27. The molecule has 0 saturated carbocycles. The lowest BCUT2D eigenvalue weighted by Crippen LogP contribution is -2.47. The van der Waals surface area contributed by atoms with Crippen LogP contribution in [-0.4, -0.2) is 48.4 Å².